The zero-order valence-corrected chi connectivity index (χ0v) is 15.1. The van der Waals surface area contributed by atoms with Gasteiger partial charge in [0.15, 0.2) is 16.6 Å². The molecule has 0 aliphatic carbocycles. The van der Waals surface area contributed by atoms with E-state index < -0.39 is 0 Å². The van der Waals surface area contributed by atoms with Crippen LogP contribution in [0.5, 0.6) is 11.5 Å². The molecule has 1 aromatic heterocycles. The fourth-order valence-corrected chi connectivity index (χ4v) is 3.79. The highest BCUT2D eigenvalue weighted by Gasteiger charge is 2.16. The Morgan fingerprint density at radius 3 is 2.88 bits per heavy atom. The smallest absolute Gasteiger partial charge is 0.224 e. The lowest BCUT2D eigenvalue weighted by Gasteiger charge is -2.21. The Labute approximate surface area is 154 Å². The van der Waals surface area contributed by atoms with Crippen LogP contribution in [0.3, 0.4) is 0 Å². The van der Waals surface area contributed by atoms with Gasteiger partial charge in [0.05, 0.1) is 22.7 Å². The van der Waals surface area contributed by atoms with Gasteiger partial charge in [0.25, 0.3) is 0 Å². The van der Waals surface area contributed by atoms with Crippen LogP contribution in [-0.4, -0.2) is 24.1 Å². The van der Waals surface area contributed by atoms with Crippen molar-refractivity contribution in [2.75, 3.05) is 18.9 Å². The van der Waals surface area contributed by atoms with Crippen LogP contribution in [-0.2, 0) is 11.2 Å². The number of ether oxygens (including phenoxy) is 2. The van der Waals surface area contributed by atoms with Crippen molar-refractivity contribution in [1.82, 2.24) is 10.3 Å². The molecule has 0 saturated heterocycles. The number of nitrogens with zero attached hydrogens (tertiary/aromatic N) is 1. The maximum atomic E-state index is 12.4. The van der Waals surface area contributed by atoms with Crippen molar-refractivity contribution in [3.05, 3.63) is 47.5 Å². The van der Waals surface area contributed by atoms with Gasteiger partial charge in [-0.15, -0.1) is 0 Å². The minimum absolute atomic E-state index is 0.0378. The standard InChI is InChI=1S/C19H19N3O3S/c1-11(13-3-5-15-16(10-13)25-7-6-24-15)21-18(23)9-12-2-4-14-17(8-12)26-19(20)22-14/h2-5,8,10-11H,6-7,9H2,1H3,(H2,20,22)(H,21,23). The van der Waals surface area contributed by atoms with Gasteiger partial charge in [0.2, 0.25) is 5.91 Å². The lowest BCUT2D eigenvalue weighted by Crippen LogP contribution is -2.28. The number of fused-ring (bicyclic) bond motifs is 2. The number of benzene rings is 2. The van der Waals surface area contributed by atoms with Gasteiger partial charge in [-0.2, -0.15) is 0 Å². The SMILES string of the molecule is CC(NC(=O)Cc1ccc2nc(N)sc2c1)c1ccc2c(c1)OCCO2. The summed E-state index contributed by atoms with van der Waals surface area (Å²) in [6, 6.07) is 11.4. The third-order valence-electron chi connectivity index (χ3n) is 4.28. The third kappa shape index (κ3) is 3.43. The number of carbonyl (C=O) groups is 1. The van der Waals surface area contributed by atoms with Crippen LogP contribution in [0, 0.1) is 0 Å². The van der Waals surface area contributed by atoms with Crippen LogP contribution in [0.1, 0.15) is 24.1 Å². The lowest BCUT2D eigenvalue weighted by molar-refractivity contribution is -0.121. The Morgan fingerprint density at radius 1 is 1.23 bits per heavy atom. The van der Waals surface area contributed by atoms with E-state index in [1.165, 1.54) is 11.3 Å². The zero-order chi connectivity index (χ0) is 18.1. The molecule has 7 heteroatoms. The number of carbonyl (C=O) groups excluding carboxylic acids is 1. The summed E-state index contributed by atoms with van der Waals surface area (Å²) in [5.74, 6) is 1.43. The monoisotopic (exact) mass is 369 g/mol. The first-order valence-corrected chi connectivity index (χ1v) is 9.24. The molecule has 26 heavy (non-hydrogen) atoms. The number of amides is 1. The van der Waals surface area contributed by atoms with Crippen LogP contribution >= 0.6 is 11.3 Å². The normalized spacial score (nSPS) is 14.2. The summed E-state index contributed by atoms with van der Waals surface area (Å²) < 4.78 is 12.1. The topological polar surface area (TPSA) is 86.5 Å². The summed E-state index contributed by atoms with van der Waals surface area (Å²) in [4.78, 5) is 16.7. The second-order valence-corrected chi connectivity index (χ2v) is 7.29. The molecule has 2 heterocycles. The molecule has 1 aliphatic rings. The fourth-order valence-electron chi connectivity index (χ4n) is 2.99. The Bertz CT molecular complexity index is 970. The van der Waals surface area contributed by atoms with Crippen molar-refractivity contribution in [1.29, 1.82) is 0 Å². The quantitative estimate of drug-likeness (QED) is 0.738. The van der Waals surface area contributed by atoms with Crippen LogP contribution in [0.25, 0.3) is 10.2 Å². The van der Waals surface area contributed by atoms with E-state index in [1.807, 2.05) is 43.3 Å². The van der Waals surface area contributed by atoms with Gasteiger partial charge in [-0.1, -0.05) is 23.5 Å². The molecular weight excluding hydrogens is 350 g/mol. The van der Waals surface area contributed by atoms with E-state index >= 15 is 0 Å². The first-order chi connectivity index (χ1) is 12.6. The van der Waals surface area contributed by atoms with Gasteiger partial charge in [0.1, 0.15) is 13.2 Å². The maximum absolute atomic E-state index is 12.4. The number of anilines is 1. The first kappa shape index (κ1) is 16.7. The number of thiazole rings is 1. The predicted octanol–water partition coefficient (Wildman–Crippen LogP) is 3.07. The van der Waals surface area contributed by atoms with E-state index in [9.17, 15) is 4.79 Å². The highest BCUT2D eigenvalue weighted by Crippen LogP contribution is 2.32. The Hall–Kier alpha value is -2.80. The molecule has 2 aromatic carbocycles. The molecule has 0 radical (unpaired) electrons. The largest absolute Gasteiger partial charge is 0.486 e. The molecule has 1 aliphatic heterocycles. The molecule has 134 valence electrons. The minimum Gasteiger partial charge on any atom is -0.486 e. The Balaban J connectivity index is 1.43. The second kappa shape index (κ2) is 6.84. The average Bonchev–Trinajstić information content (AvgIpc) is 3.00. The molecule has 1 unspecified atom stereocenters. The Morgan fingerprint density at radius 2 is 2.04 bits per heavy atom. The highest BCUT2D eigenvalue weighted by molar-refractivity contribution is 7.22. The van der Waals surface area contributed by atoms with Crippen LogP contribution in [0.4, 0.5) is 5.13 Å². The van der Waals surface area contributed by atoms with Crippen molar-refractivity contribution in [3.63, 3.8) is 0 Å². The van der Waals surface area contributed by atoms with Crippen molar-refractivity contribution < 1.29 is 14.3 Å². The summed E-state index contributed by atoms with van der Waals surface area (Å²) in [5, 5.41) is 3.57. The average molecular weight is 369 g/mol. The number of hydrogen-bond acceptors (Lipinski definition) is 6. The summed E-state index contributed by atoms with van der Waals surface area (Å²) in [7, 11) is 0. The van der Waals surface area contributed by atoms with Gasteiger partial charge >= 0.3 is 0 Å². The van der Waals surface area contributed by atoms with Crippen LogP contribution in [0.15, 0.2) is 36.4 Å². The third-order valence-corrected chi connectivity index (χ3v) is 5.13. The van der Waals surface area contributed by atoms with E-state index in [2.05, 4.69) is 10.3 Å². The van der Waals surface area contributed by atoms with Crippen molar-refractivity contribution in [2.45, 2.75) is 19.4 Å². The van der Waals surface area contributed by atoms with Crippen LogP contribution in [0.2, 0.25) is 0 Å². The number of nitrogens with one attached hydrogen (secondary N) is 1. The Kier molecular flexibility index (Phi) is 4.38. The molecule has 6 nitrogen and oxygen atoms in total. The fraction of sp³-hybridized carbons (Fsp3) is 0.263. The molecule has 1 amide bonds. The van der Waals surface area contributed by atoms with Gasteiger partial charge in [-0.25, -0.2) is 4.98 Å². The molecule has 0 bridgehead atoms. The van der Waals surface area contributed by atoms with E-state index in [1.54, 1.807) is 0 Å². The van der Waals surface area contributed by atoms with Crippen molar-refractivity contribution >= 4 is 32.6 Å². The minimum atomic E-state index is -0.124. The lowest BCUT2D eigenvalue weighted by atomic mass is 10.1. The molecule has 0 spiro atoms. The molecule has 3 aromatic rings. The summed E-state index contributed by atoms with van der Waals surface area (Å²) in [5.41, 5.74) is 8.51. The van der Waals surface area contributed by atoms with Crippen molar-refractivity contribution in [2.24, 2.45) is 0 Å². The molecule has 0 saturated carbocycles. The summed E-state index contributed by atoms with van der Waals surface area (Å²) >= 11 is 1.43. The van der Waals surface area contributed by atoms with Crippen molar-refractivity contribution in [3.8, 4) is 11.5 Å². The molecule has 4 rings (SSSR count). The molecule has 0 fully saturated rings. The van der Waals surface area contributed by atoms with Gasteiger partial charge in [-0.05, 0) is 42.3 Å². The number of rotatable bonds is 4. The number of hydrogen-bond donors (Lipinski definition) is 2. The van der Waals surface area contributed by atoms with Gasteiger partial charge in [0, 0.05) is 0 Å². The van der Waals surface area contributed by atoms with E-state index in [0.29, 0.717) is 24.8 Å². The van der Waals surface area contributed by atoms with Gasteiger partial charge < -0.3 is 20.5 Å². The number of nitrogen functional groups attached to an aromatic ring is 1. The zero-order valence-electron chi connectivity index (χ0n) is 14.3. The molecule has 1 atom stereocenters. The van der Waals surface area contributed by atoms with Crippen LogP contribution < -0.4 is 20.5 Å². The first-order valence-electron chi connectivity index (χ1n) is 8.42. The summed E-state index contributed by atoms with van der Waals surface area (Å²) in [6.45, 7) is 3.06. The van der Waals surface area contributed by atoms with E-state index in [4.69, 9.17) is 15.2 Å². The van der Waals surface area contributed by atoms with E-state index in [0.717, 1.165) is 32.8 Å². The summed E-state index contributed by atoms with van der Waals surface area (Å²) in [6.07, 6.45) is 0.308. The van der Waals surface area contributed by atoms with Gasteiger partial charge in [-0.3, -0.25) is 4.79 Å². The molecule has 3 N–H and O–H groups in total. The molecular formula is C19H19N3O3S. The second-order valence-electron chi connectivity index (χ2n) is 6.22. The maximum Gasteiger partial charge on any atom is 0.224 e. The van der Waals surface area contributed by atoms with E-state index in [-0.39, 0.29) is 11.9 Å². The number of nitrogens with two attached hydrogens (primary N) is 1. The highest BCUT2D eigenvalue weighted by atomic mass is 32.1. The number of aromatic nitrogens is 1. The predicted molar refractivity (Wildman–Crippen MR) is 102 cm³/mol.